The average molecular weight is 415 g/mol. The molecule has 0 spiro atoms. The van der Waals surface area contributed by atoms with Crippen LogP contribution in [-0.4, -0.2) is 11.2 Å². The maximum Gasteiger partial charge on any atom is 0.0577 e. The van der Waals surface area contributed by atoms with Gasteiger partial charge in [-0.3, -0.25) is 0 Å². The molecule has 3 fully saturated rings. The second-order valence-electron chi connectivity index (χ2n) is 12.9. The SMILES string of the molecule is CC[C@@H](CCC(C)[C@H]1CCC2[C@@H]3CC=C4C[C@@H](O)CC[C@]4(C)C3CC[C@@]21C)C(C)C. The van der Waals surface area contributed by atoms with Crippen LogP contribution in [0.3, 0.4) is 0 Å². The number of aliphatic hydroxyl groups excluding tert-OH is 1. The Labute approximate surface area is 187 Å². The minimum absolute atomic E-state index is 0.0794. The predicted octanol–water partition coefficient (Wildman–Crippen LogP) is 8.02. The smallest absolute Gasteiger partial charge is 0.0577 e. The van der Waals surface area contributed by atoms with Gasteiger partial charge in [0.25, 0.3) is 0 Å². The topological polar surface area (TPSA) is 20.2 Å². The highest BCUT2D eigenvalue weighted by atomic mass is 16.3. The molecule has 1 nitrogen and oxygen atoms in total. The van der Waals surface area contributed by atoms with Gasteiger partial charge in [0.1, 0.15) is 0 Å². The van der Waals surface area contributed by atoms with Crippen molar-refractivity contribution >= 4 is 0 Å². The van der Waals surface area contributed by atoms with Gasteiger partial charge in [0.05, 0.1) is 6.10 Å². The van der Waals surface area contributed by atoms with E-state index in [0.717, 1.165) is 54.3 Å². The molecule has 0 aromatic heterocycles. The Morgan fingerprint density at radius 3 is 2.47 bits per heavy atom. The summed E-state index contributed by atoms with van der Waals surface area (Å²) in [5.41, 5.74) is 2.59. The summed E-state index contributed by atoms with van der Waals surface area (Å²) < 4.78 is 0. The Bertz CT molecular complexity index is 634. The summed E-state index contributed by atoms with van der Waals surface area (Å²) in [6.45, 7) is 15.1. The first-order valence-electron chi connectivity index (χ1n) is 13.6. The monoisotopic (exact) mass is 414 g/mol. The lowest BCUT2D eigenvalue weighted by atomic mass is 9.47. The summed E-state index contributed by atoms with van der Waals surface area (Å²) in [5, 5.41) is 10.2. The fourth-order valence-electron chi connectivity index (χ4n) is 9.30. The number of aliphatic hydroxyl groups is 1. The highest BCUT2D eigenvalue weighted by Gasteiger charge is 2.59. The fraction of sp³-hybridized carbons (Fsp3) is 0.931. The molecule has 1 heteroatoms. The molecule has 3 unspecified atom stereocenters. The molecule has 4 aliphatic carbocycles. The van der Waals surface area contributed by atoms with Crippen LogP contribution in [0.2, 0.25) is 0 Å². The minimum atomic E-state index is -0.0794. The minimum Gasteiger partial charge on any atom is -0.393 e. The average Bonchev–Trinajstić information content (AvgIpc) is 3.06. The lowest BCUT2D eigenvalue weighted by Gasteiger charge is -2.58. The Kier molecular flexibility index (Phi) is 6.53. The molecule has 0 radical (unpaired) electrons. The van der Waals surface area contributed by atoms with Gasteiger partial charge >= 0.3 is 0 Å². The molecule has 9 atom stereocenters. The largest absolute Gasteiger partial charge is 0.393 e. The van der Waals surface area contributed by atoms with Crippen molar-refractivity contribution in [3.63, 3.8) is 0 Å². The van der Waals surface area contributed by atoms with Gasteiger partial charge in [-0.25, -0.2) is 0 Å². The van der Waals surface area contributed by atoms with Crippen molar-refractivity contribution in [1.29, 1.82) is 0 Å². The molecule has 4 aliphatic rings. The van der Waals surface area contributed by atoms with E-state index < -0.39 is 0 Å². The summed E-state index contributed by atoms with van der Waals surface area (Å²) in [5.74, 6) is 6.31. The van der Waals surface area contributed by atoms with Crippen LogP contribution in [0.5, 0.6) is 0 Å². The van der Waals surface area contributed by atoms with Crippen LogP contribution in [0.15, 0.2) is 11.6 Å². The first-order valence-corrected chi connectivity index (χ1v) is 13.6. The molecule has 0 aromatic carbocycles. The van der Waals surface area contributed by atoms with Crippen molar-refractivity contribution in [2.45, 2.75) is 118 Å². The van der Waals surface area contributed by atoms with Crippen LogP contribution in [-0.2, 0) is 0 Å². The lowest BCUT2D eigenvalue weighted by Crippen LogP contribution is -2.50. The molecule has 0 amide bonds. The van der Waals surface area contributed by atoms with E-state index in [1.54, 1.807) is 5.57 Å². The number of hydrogen-bond acceptors (Lipinski definition) is 1. The van der Waals surface area contributed by atoms with Gasteiger partial charge in [0.15, 0.2) is 0 Å². The Balaban J connectivity index is 1.47. The molecule has 172 valence electrons. The highest BCUT2D eigenvalue weighted by Crippen LogP contribution is 2.67. The summed E-state index contributed by atoms with van der Waals surface area (Å²) in [6, 6.07) is 0. The van der Waals surface area contributed by atoms with Gasteiger partial charge in [0, 0.05) is 0 Å². The van der Waals surface area contributed by atoms with Crippen LogP contribution < -0.4 is 0 Å². The molecule has 0 heterocycles. The van der Waals surface area contributed by atoms with E-state index in [1.807, 2.05) is 0 Å². The number of fused-ring (bicyclic) bond motifs is 5. The zero-order valence-corrected chi connectivity index (χ0v) is 20.9. The van der Waals surface area contributed by atoms with Gasteiger partial charge in [-0.15, -0.1) is 0 Å². The number of rotatable bonds is 6. The summed E-state index contributed by atoms with van der Waals surface area (Å²) in [6.07, 6.45) is 17.1. The Morgan fingerprint density at radius 1 is 1.00 bits per heavy atom. The van der Waals surface area contributed by atoms with E-state index in [2.05, 4.69) is 47.6 Å². The van der Waals surface area contributed by atoms with Crippen molar-refractivity contribution in [2.75, 3.05) is 0 Å². The maximum atomic E-state index is 10.2. The van der Waals surface area contributed by atoms with Crippen LogP contribution >= 0.6 is 0 Å². The molecular weight excluding hydrogens is 364 g/mol. The third-order valence-corrected chi connectivity index (χ3v) is 11.3. The van der Waals surface area contributed by atoms with Crippen LogP contribution in [0.25, 0.3) is 0 Å². The quantitative estimate of drug-likeness (QED) is 0.436. The van der Waals surface area contributed by atoms with E-state index in [9.17, 15) is 5.11 Å². The lowest BCUT2D eigenvalue weighted by molar-refractivity contribution is -0.0575. The zero-order chi connectivity index (χ0) is 21.7. The van der Waals surface area contributed by atoms with Crippen LogP contribution in [0, 0.1) is 52.3 Å². The van der Waals surface area contributed by atoms with E-state index >= 15 is 0 Å². The normalized spacial score (nSPS) is 45.3. The molecule has 3 saturated carbocycles. The van der Waals surface area contributed by atoms with E-state index in [1.165, 1.54) is 57.8 Å². The Hall–Kier alpha value is -0.300. The number of hydrogen-bond donors (Lipinski definition) is 1. The standard InChI is InChI=1S/C29H50O/c1-7-21(19(2)3)9-8-20(4)25-12-13-26-24-11-10-22-18-23(30)14-16-28(22,5)27(24)15-17-29(25,26)6/h10,19-21,23-27,30H,7-9,11-18H2,1-6H3/t20?,21-,23-,24-,25+,26?,27?,28-,29+/m0/s1. The predicted molar refractivity (Wildman–Crippen MR) is 128 cm³/mol. The molecule has 0 saturated heterocycles. The summed E-state index contributed by atoms with van der Waals surface area (Å²) in [4.78, 5) is 0. The third-order valence-electron chi connectivity index (χ3n) is 11.3. The van der Waals surface area contributed by atoms with Crippen molar-refractivity contribution in [2.24, 2.45) is 52.3 Å². The second-order valence-corrected chi connectivity index (χ2v) is 12.9. The maximum absolute atomic E-state index is 10.2. The van der Waals surface area contributed by atoms with E-state index in [0.29, 0.717) is 10.8 Å². The molecule has 30 heavy (non-hydrogen) atoms. The zero-order valence-electron chi connectivity index (χ0n) is 20.9. The third kappa shape index (κ3) is 3.74. The van der Waals surface area contributed by atoms with Crippen molar-refractivity contribution in [3.05, 3.63) is 11.6 Å². The van der Waals surface area contributed by atoms with Crippen molar-refractivity contribution < 1.29 is 5.11 Å². The van der Waals surface area contributed by atoms with Gasteiger partial charge in [0.2, 0.25) is 0 Å². The molecule has 0 aromatic rings. The molecule has 0 aliphatic heterocycles. The Morgan fingerprint density at radius 2 is 1.77 bits per heavy atom. The highest BCUT2D eigenvalue weighted by molar-refractivity contribution is 5.25. The fourth-order valence-corrected chi connectivity index (χ4v) is 9.30. The first kappa shape index (κ1) is 22.9. The van der Waals surface area contributed by atoms with Gasteiger partial charge in [-0.2, -0.15) is 0 Å². The molecule has 1 N–H and O–H groups in total. The van der Waals surface area contributed by atoms with Gasteiger partial charge in [-0.1, -0.05) is 66.0 Å². The first-order chi connectivity index (χ1) is 14.2. The molecule has 0 bridgehead atoms. The molecule has 4 rings (SSSR count). The van der Waals surface area contributed by atoms with Crippen molar-refractivity contribution in [1.82, 2.24) is 0 Å². The van der Waals surface area contributed by atoms with Gasteiger partial charge < -0.3 is 5.11 Å². The summed E-state index contributed by atoms with van der Waals surface area (Å²) in [7, 11) is 0. The van der Waals surface area contributed by atoms with E-state index in [4.69, 9.17) is 0 Å². The summed E-state index contributed by atoms with van der Waals surface area (Å²) >= 11 is 0. The van der Waals surface area contributed by atoms with Crippen LogP contribution in [0.1, 0.15) is 112 Å². The van der Waals surface area contributed by atoms with E-state index in [-0.39, 0.29) is 6.10 Å². The van der Waals surface area contributed by atoms with Gasteiger partial charge in [-0.05, 0) is 110 Å². The van der Waals surface area contributed by atoms with Crippen LogP contribution in [0.4, 0.5) is 0 Å². The number of allylic oxidation sites excluding steroid dienone is 1. The molecular formula is C29H50O. The van der Waals surface area contributed by atoms with Crippen molar-refractivity contribution in [3.8, 4) is 0 Å². The second kappa shape index (κ2) is 8.57.